The van der Waals surface area contributed by atoms with Crippen molar-refractivity contribution in [2.75, 3.05) is 11.1 Å². The van der Waals surface area contributed by atoms with Crippen molar-refractivity contribution in [2.24, 2.45) is 0 Å². The summed E-state index contributed by atoms with van der Waals surface area (Å²) in [6.45, 7) is 6.20. The highest BCUT2D eigenvalue weighted by atomic mass is 16.5. The van der Waals surface area contributed by atoms with E-state index >= 15 is 0 Å². The number of rotatable bonds is 6. The third kappa shape index (κ3) is 4.71. The summed E-state index contributed by atoms with van der Waals surface area (Å²) in [5.74, 6) is 0.787. The van der Waals surface area contributed by atoms with Gasteiger partial charge in [0, 0.05) is 29.2 Å². The molecule has 21 heavy (non-hydrogen) atoms. The smallest absolute Gasteiger partial charge is 0.123 e. The Balaban J connectivity index is 2.12. The maximum atomic E-state index is 5.93. The van der Waals surface area contributed by atoms with Gasteiger partial charge in [-0.05, 0) is 44.0 Å². The largest absolute Gasteiger partial charge is 0.491 e. The fourth-order valence-electron chi connectivity index (χ4n) is 2.24. The van der Waals surface area contributed by atoms with Crippen LogP contribution in [0, 0.1) is 0 Å². The summed E-state index contributed by atoms with van der Waals surface area (Å²) in [5.41, 5.74) is 9.98. The van der Waals surface area contributed by atoms with Crippen LogP contribution in [0.4, 0.5) is 17.1 Å². The van der Waals surface area contributed by atoms with Gasteiger partial charge in [-0.3, -0.25) is 0 Å². The first kappa shape index (κ1) is 15.2. The number of nitrogen functional groups attached to an aromatic ring is 1. The van der Waals surface area contributed by atoms with Gasteiger partial charge in [0.1, 0.15) is 5.75 Å². The molecule has 0 radical (unpaired) electrons. The molecule has 3 nitrogen and oxygen atoms in total. The fraction of sp³-hybridized carbons (Fsp3) is 0.333. The number of anilines is 3. The molecule has 0 bridgehead atoms. The summed E-state index contributed by atoms with van der Waals surface area (Å²) in [6.07, 6.45) is 2.41. The van der Waals surface area contributed by atoms with E-state index < -0.39 is 0 Å². The Bertz CT molecular complexity index is 576. The van der Waals surface area contributed by atoms with Gasteiger partial charge in [-0.2, -0.15) is 0 Å². The van der Waals surface area contributed by atoms with Crippen LogP contribution in [0.2, 0.25) is 0 Å². The Labute approximate surface area is 127 Å². The fourth-order valence-corrected chi connectivity index (χ4v) is 2.24. The van der Waals surface area contributed by atoms with Crippen LogP contribution in [-0.4, -0.2) is 6.10 Å². The second-order valence-electron chi connectivity index (χ2n) is 5.53. The first-order valence-corrected chi connectivity index (χ1v) is 7.50. The number of ether oxygens (including phenoxy) is 1. The van der Waals surface area contributed by atoms with Gasteiger partial charge in [0.15, 0.2) is 0 Å². The predicted octanol–water partition coefficient (Wildman–Crippen LogP) is 4.75. The molecule has 0 fully saturated rings. The van der Waals surface area contributed by atoms with Crippen molar-refractivity contribution in [2.45, 2.75) is 39.7 Å². The Morgan fingerprint density at radius 2 is 1.76 bits per heavy atom. The highest BCUT2D eigenvalue weighted by molar-refractivity contribution is 5.66. The van der Waals surface area contributed by atoms with Crippen molar-refractivity contribution in [1.29, 1.82) is 0 Å². The Hall–Kier alpha value is -2.16. The molecule has 0 saturated carbocycles. The maximum Gasteiger partial charge on any atom is 0.123 e. The minimum atomic E-state index is 0.132. The number of hydrogen-bond acceptors (Lipinski definition) is 3. The van der Waals surface area contributed by atoms with Crippen LogP contribution < -0.4 is 15.8 Å². The first-order valence-electron chi connectivity index (χ1n) is 7.50. The van der Waals surface area contributed by atoms with Gasteiger partial charge in [-0.25, -0.2) is 0 Å². The lowest BCUT2D eigenvalue weighted by Gasteiger charge is -2.13. The average Bonchev–Trinajstić information content (AvgIpc) is 2.40. The topological polar surface area (TPSA) is 47.3 Å². The van der Waals surface area contributed by atoms with E-state index in [1.807, 2.05) is 32.0 Å². The van der Waals surface area contributed by atoms with E-state index in [0.717, 1.165) is 30.0 Å². The van der Waals surface area contributed by atoms with Crippen LogP contribution in [0.5, 0.6) is 5.75 Å². The maximum absolute atomic E-state index is 5.93. The van der Waals surface area contributed by atoms with Crippen molar-refractivity contribution < 1.29 is 4.74 Å². The van der Waals surface area contributed by atoms with Crippen LogP contribution in [-0.2, 0) is 6.42 Å². The second-order valence-corrected chi connectivity index (χ2v) is 5.53. The normalized spacial score (nSPS) is 10.7. The zero-order chi connectivity index (χ0) is 15.2. The molecular weight excluding hydrogens is 260 g/mol. The van der Waals surface area contributed by atoms with E-state index in [9.17, 15) is 0 Å². The summed E-state index contributed by atoms with van der Waals surface area (Å²) < 4.78 is 5.70. The number of hydrogen-bond donors (Lipinski definition) is 2. The summed E-state index contributed by atoms with van der Waals surface area (Å²) >= 11 is 0. The van der Waals surface area contributed by atoms with E-state index in [4.69, 9.17) is 10.5 Å². The van der Waals surface area contributed by atoms with Crippen LogP contribution in [0.1, 0.15) is 32.8 Å². The minimum Gasteiger partial charge on any atom is -0.491 e. The van der Waals surface area contributed by atoms with Crippen molar-refractivity contribution >= 4 is 17.1 Å². The van der Waals surface area contributed by atoms with Crippen LogP contribution in [0.25, 0.3) is 0 Å². The highest BCUT2D eigenvalue weighted by Gasteiger charge is 2.03. The van der Waals surface area contributed by atoms with E-state index in [2.05, 4.69) is 36.5 Å². The molecule has 0 aromatic heterocycles. The highest BCUT2D eigenvalue weighted by Crippen LogP contribution is 2.26. The standard InChI is InChI=1S/C18H24N2O/c1-4-5-14-6-8-16(9-7-14)20-17-10-15(19)11-18(12-17)21-13(2)3/h6-13,20H,4-5,19H2,1-3H3. The number of benzene rings is 2. The summed E-state index contributed by atoms with van der Waals surface area (Å²) in [6, 6.07) is 14.2. The molecule has 0 spiro atoms. The molecular formula is C18H24N2O. The SMILES string of the molecule is CCCc1ccc(Nc2cc(N)cc(OC(C)C)c2)cc1. The van der Waals surface area contributed by atoms with Gasteiger partial charge in [-0.1, -0.05) is 25.5 Å². The van der Waals surface area contributed by atoms with E-state index in [0.29, 0.717) is 5.69 Å². The molecule has 3 heteroatoms. The third-order valence-corrected chi connectivity index (χ3v) is 3.08. The third-order valence-electron chi connectivity index (χ3n) is 3.08. The van der Waals surface area contributed by atoms with Crippen molar-refractivity contribution in [3.8, 4) is 5.75 Å². The van der Waals surface area contributed by atoms with Gasteiger partial charge >= 0.3 is 0 Å². The van der Waals surface area contributed by atoms with Crippen LogP contribution in [0.3, 0.4) is 0 Å². The molecule has 2 aromatic carbocycles. The molecule has 0 aliphatic carbocycles. The van der Waals surface area contributed by atoms with Gasteiger partial charge in [-0.15, -0.1) is 0 Å². The molecule has 0 aliphatic rings. The zero-order valence-corrected chi connectivity index (χ0v) is 13.0. The lowest BCUT2D eigenvalue weighted by atomic mass is 10.1. The molecule has 0 atom stereocenters. The van der Waals surface area contributed by atoms with Crippen molar-refractivity contribution in [3.63, 3.8) is 0 Å². The predicted molar refractivity (Wildman–Crippen MR) is 90.3 cm³/mol. The van der Waals surface area contributed by atoms with Gasteiger partial charge in [0.25, 0.3) is 0 Å². The van der Waals surface area contributed by atoms with Crippen LogP contribution >= 0.6 is 0 Å². The Morgan fingerprint density at radius 3 is 2.38 bits per heavy atom. The van der Waals surface area contributed by atoms with Gasteiger partial charge in [0.05, 0.1) is 6.10 Å². The molecule has 2 aromatic rings. The number of nitrogens with one attached hydrogen (secondary N) is 1. The van der Waals surface area contributed by atoms with E-state index in [1.165, 1.54) is 5.56 Å². The first-order chi connectivity index (χ1) is 10.1. The van der Waals surface area contributed by atoms with Crippen molar-refractivity contribution in [1.82, 2.24) is 0 Å². The van der Waals surface area contributed by atoms with Gasteiger partial charge in [0.2, 0.25) is 0 Å². The average molecular weight is 284 g/mol. The molecule has 0 saturated heterocycles. The lowest BCUT2D eigenvalue weighted by Crippen LogP contribution is -2.06. The molecule has 0 amide bonds. The molecule has 0 aliphatic heterocycles. The van der Waals surface area contributed by atoms with Gasteiger partial charge < -0.3 is 15.8 Å². The van der Waals surface area contributed by atoms with Crippen molar-refractivity contribution in [3.05, 3.63) is 48.0 Å². The molecule has 0 unspecified atom stereocenters. The zero-order valence-electron chi connectivity index (χ0n) is 13.0. The summed E-state index contributed by atoms with van der Waals surface area (Å²) in [7, 11) is 0. The molecule has 0 heterocycles. The molecule has 112 valence electrons. The molecule has 2 rings (SSSR count). The lowest BCUT2D eigenvalue weighted by molar-refractivity contribution is 0.242. The molecule has 3 N–H and O–H groups in total. The summed E-state index contributed by atoms with van der Waals surface area (Å²) in [4.78, 5) is 0. The monoisotopic (exact) mass is 284 g/mol. The van der Waals surface area contributed by atoms with E-state index in [1.54, 1.807) is 0 Å². The number of nitrogens with two attached hydrogens (primary N) is 1. The van der Waals surface area contributed by atoms with Crippen LogP contribution in [0.15, 0.2) is 42.5 Å². The van der Waals surface area contributed by atoms with E-state index in [-0.39, 0.29) is 6.10 Å². The minimum absolute atomic E-state index is 0.132. The second kappa shape index (κ2) is 7.02. The quantitative estimate of drug-likeness (QED) is 0.752. The number of aryl methyl sites for hydroxylation is 1. The Kier molecular flexibility index (Phi) is 5.09. The summed E-state index contributed by atoms with van der Waals surface area (Å²) in [5, 5.41) is 3.37. The Morgan fingerprint density at radius 1 is 1.05 bits per heavy atom.